The van der Waals surface area contributed by atoms with Gasteiger partial charge in [0.15, 0.2) is 0 Å². The molecule has 1 aromatic carbocycles. The molecule has 1 aliphatic carbocycles. The van der Waals surface area contributed by atoms with Gasteiger partial charge in [-0.1, -0.05) is 42.1 Å². The molecule has 2 rings (SSSR count). The number of halogens is 2. The summed E-state index contributed by atoms with van der Waals surface area (Å²) in [6.07, 6.45) is 6.19. The highest BCUT2D eigenvalue weighted by Crippen LogP contribution is 2.42. The molecule has 1 aliphatic rings. The van der Waals surface area contributed by atoms with E-state index in [9.17, 15) is 0 Å². The van der Waals surface area contributed by atoms with Crippen LogP contribution < -0.4 is 5.32 Å². The SMILES string of the molecule is CNCC1(Cc2c(Cl)cccc2Cl)CCCC1. The molecule has 1 nitrogen and oxygen atoms in total. The second-order valence-electron chi connectivity index (χ2n) is 5.11. The monoisotopic (exact) mass is 271 g/mol. The number of nitrogens with one attached hydrogen (secondary N) is 1. The standard InChI is InChI=1S/C14H19Cl2N/c1-17-10-14(7-2-3-8-14)9-11-12(15)5-4-6-13(11)16/h4-6,17H,2-3,7-10H2,1H3. The maximum Gasteiger partial charge on any atom is 0.0453 e. The van der Waals surface area contributed by atoms with Crippen molar-refractivity contribution in [3.8, 4) is 0 Å². The van der Waals surface area contributed by atoms with E-state index in [4.69, 9.17) is 23.2 Å². The van der Waals surface area contributed by atoms with E-state index in [-0.39, 0.29) is 0 Å². The third kappa shape index (κ3) is 2.96. The number of hydrogen-bond donors (Lipinski definition) is 1. The van der Waals surface area contributed by atoms with Gasteiger partial charge in [0.05, 0.1) is 0 Å². The first-order chi connectivity index (χ1) is 8.17. The minimum Gasteiger partial charge on any atom is -0.319 e. The molecular weight excluding hydrogens is 253 g/mol. The van der Waals surface area contributed by atoms with Crippen LogP contribution in [0.2, 0.25) is 10.0 Å². The van der Waals surface area contributed by atoms with Crippen LogP contribution in [0.3, 0.4) is 0 Å². The van der Waals surface area contributed by atoms with Crippen molar-refractivity contribution in [2.24, 2.45) is 5.41 Å². The summed E-state index contributed by atoms with van der Waals surface area (Å²) in [6, 6.07) is 5.78. The topological polar surface area (TPSA) is 12.0 Å². The van der Waals surface area contributed by atoms with Crippen LogP contribution in [0.5, 0.6) is 0 Å². The molecule has 1 N–H and O–H groups in total. The van der Waals surface area contributed by atoms with Crippen molar-refractivity contribution in [2.45, 2.75) is 32.1 Å². The van der Waals surface area contributed by atoms with E-state index in [0.29, 0.717) is 5.41 Å². The first-order valence-electron chi connectivity index (χ1n) is 6.24. The Bertz CT molecular complexity index is 364. The van der Waals surface area contributed by atoms with Crippen LogP contribution in [0.25, 0.3) is 0 Å². The molecule has 1 aromatic rings. The van der Waals surface area contributed by atoms with Gasteiger partial charge in [0, 0.05) is 16.6 Å². The summed E-state index contributed by atoms with van der Waals surface area (Å²) < 4.78 is 0. The molecule has 17 heavy (non-hydrogen) atoms. The predicted octanol–water partition coefficient (Wildman–Crippen LogP) is 4.32. The Morgan fingerprint density at radius 3 is 2.29 bits per heavy atom. The summed E-state index contributed by atoms with van der Waals surface area (Å²) in [5.41, 5.74) is 1.47. The Labute approximate surface area is 114 Å². The zero-order valence-electron chi connectivity index (χ0n) is 10.2. The van der Waals surface area contributed by atoms with Crippen molar-refractivity contribution in [1.29, 1.82) is 0 Å². The van der Waals surface area contributed by atoms with E-state index in [1.54, 1.807) is 0 Å². The molecule has 1 saturated carbocycles. The average Bonchev–Trinajstić information content (AvgIpc) is 2.73. The predicted molar refractivity (Wildman–Crippen MR) is 75.0 cm³/mol. The van der Waals surface area contributed by atoms with Gasteiger partial charge in [-0.05, 0) is 49.4 Å². The lowest BCUT2D eigenvalue weighted by Crippen LogP contribution is -2.32. The lowest BCUT2D eigenvalue weighted by Gasteiger charge is -2.29. The van der Waals surface area contributed by atoms with Gasteiger partial charge in [0.25, 0.3) is 0 Å². The molecule has 0 spiro atoms. The van der Waals surface area contributed by atoms with Crippen molar-refractivity contribution in [3.05, 3.63) is 33.8 Å². The van der Waals surface area contributed by atoms with Gasteiger partial charge < -0.3 is 5.32 Å². The van der Waals surface area contributed by atoms with Crippen molar-refractivity contribution >= 4 is 23.2 Å². The highest BCUT2D eigenvalue weighted by molar-refractivity contribution is 6.36. The average molecular weight is 272 g/mol. The maximum atomic E-state index is 6.27. The molecule has 94 valence electrons. The van der Waals surface area contributed by atoms with Gasteiger partial charge in [-0.25, -0.2) is 0 Å². The van der Waals surface area contributed by atoms with Gasteiger partial charge >= 0.3 is 0 Å². The number of rotatable bonds is 4. The first kappa shape index (κ1) is 13.2. The van der Waals surface area contributed by atoms with Crippen molar-refractivity contribution in [1.82, 2.24) is 5.32 Å². The molecule has 1 fully saturated rings. The summed E-state index contributed by atoms with van der Waals surface area (Å²) in [6.45, 7) is 1.05. The third-order valence-electron chi connectivity index (χ3n) is 3.83. The summed E-state index contributed by atoms with van der Waals surface area (Å²) in [5, 5.41) is 4.93. The summed E-state index contributed by atoms with van der Waals surface area (Å²) in [4.78, 5) is 0. The fourth-order valence-corrected chi connectivity index (χ4v) is 3.52. The Kier molecular flexibility index (Phi) is 4.35. The van der Waals surface area contributed by atoms with E-state index in [1.165, 1.54) is 25.7 Å². The van der Waals surface area contributed by atoms with Gasteiger partial charge in [0.1, 0.15) is 0 Å². The smallest absolute Gasteiger partial charge is 0.0453 e. The Balaban J connectivity index is 2.23. The summed E-state index contributed by atoms with van der Waals surface area (Å²) >= 11 is 12.5. The van der Waals surface area contributed by atoms with Crippen LogP contribution in [-0.2, 0) is 6.42 Å². The lowest BCUT2D eigenvalue weighted by atomic mass is 9.80. The number of hydrogen-bond acceptors (Lipinski definition) is 1. The normalized spacial score (nSPS) is 18.5. The summed E-state index contributed by atoms with van der Waals surface area (Å²) in [5.74, 6) is 0. The van der Waals surface area contributed by atoms with Crippen molar-refractivity contribution < 1.29 is 0 Å². The van der Waals surface area contributed by atoms with Crippen molar-refractivity contribution in [3.63, 3.8) is 0 Å². The zero-order chi connectivity index (χ0) is 12.3. The van der Waals surface area contributed by atoms with E-state index >= 15 is 0 Å². The minimum absolute atomic E-state index is 0.351. The minimum atomic E-state index is 0.351. The molecule has 0 aromatic heterocycles. The molecule has 0 unspecified atom stereocenters. The number of benzene rings is 1. The molecule has 0 atom stereocenters. The third-order valence-corrected chi connectivity index (χ3v) is 4.54. The fourth-order valence-electron chi connectivity index (χ4n) is 2.99. The molecule has 0 saturated heterocycles. The largest absolute Gasteiger partial charge is 0.319 e. The van der Waals surface area contributed by atoms with Crippen LogP contribution in [0, 0.1) is 5.41 Å². The summed E-state index contributed by atoms with van der Waals surface area (Å²) in [7, 11) is 2.02. The Morgan fingerprint density at radius 1 is 1.18 bits per heavy atom. The van der Waals surface area contributed by atoms with E-state index in [1.807, 2.05) is 25.2 Å². The Hall–Kier alpha value is -0.240. The molecular formula is C14H19Cl2N. The van der Waals surface area contributed by atoms with Gasteiger partial charge in [-0.15, -0.1) is 0 Å². The maximum absolute atomic E-state index is 6.27. The highest BCUT2D eigenvalue weighted by atomic mass is 35.5. The van der Waals surface area contributed by atoms with Gasteiger partial charge in [0.2, 0.25) is 0 Å². The van der Waals surface area contributed by atoms with E-state index in [0.717, 1.165) is 28.6 Å². The quantitative estimate of drug-likeness (QED) is 0.860. The molecule has 3 heteroatoms. The second-order valence-corrected chi connectivity index (χ2v) is 5.93. The van der Waals surface area contributed by atoms with Crippen LogP contribution in [-0.4, -0.2) is 13.6 Å². The first-order valence-corrected chi connectivity index (χ1v) is 7.00. The molecule has 0 radical (unpaired) electrons. The van der Waals surface area contributed by atoms with Crippen LogP contribution >= 0.6 is 23.2 Å². The van der Waals surface area contributed by atoms with Crippen LogP contribution in [0.15, 0.2) is 18.2 Å². The Morgan fingerprint density at radius 2 is 1.76 bits per heavy atom. The molecule has 0 heterocycles. The van der Waals surface area contributed by atoms with Crippen LogP contribution in [0.4, 0.5) is 0 Å². The zero-order valence-corrected chi connectivity index (χ0v) is 11.7. The van der Waals surface area contributed by atoms with Gasteiger partial charge in [-0.3, -0.25) is 0 Å². The van der Waals surface area contributed by atoms with Crippen molar-refractivity contribution in [2.75, 3.05) is 13.6 Å². The molecule has 0 aliphatic heterocycles. The van der Waals surface area contributed by atoms with Crippen LogP contribution in [0.1, 0.15) is 31.2 Å². The molecule has 0 bridgehead atoms. The highest BCUT2D eigenvalue weighted by Gasteiger charge is 2.34. The van der Waals surface area contributed by atoms with E-state index in [2.05, 4.69) is 5.32 Å². The lowest BCUT2D eigenvalue weighted by molar-refractivity contribution is 0.286. The fraction of sp³-hybridized carbons (Fsp3) is 0.571. The van der Waals surface area contributed by atoms with Gasteiger partial charge in [-0.2, -0.15) is 0 Å². The second kappa shape index (κ2) is 5.60. The van der Waals surface area contributed by atoms with E-state index < -0.39 is 0 Å². The molecule has 0 amide bonds.